The number of alkyl halides is 1. The molecule has 1 aromatic heterocycles. The molecule has 0 bridgehead atoms. The van der Waals surface area contributed by atoms with Crippen molar-refractivity contribution in [3.63, 3.8) is 0 Å². The maximum atomic E-state index is 5.80. The predicted molar refractivity (Wildman–Crippen MR) is 74.5 cm³/mol. The highest BCUT2D eigenvalue weighted by atomic mass is 127. The minimum atomic E-state index is 0.572. The van der Waals surface area contributed by atoms with Crippen molar-refractivity contribution in [2.75, 3.05) is 0 Å². The number of allylic oxidation sites excluding steroid dienone is 1. The molecule has 0 amide bonds. The van der Waals surface area contributed by atoms with E-state index in [1.807, 2.05) is 12.1 Å². The average Bonchev–Trinajstić information content (AvgIpc) is 2.57. The van der Waals surface area contributed by atoms with Crippen LogP contribution < -0.4 is 0 Å². The zero-order valence-corrected chi connectivity index (χ0v) is 11.6. The number of benzene rings is 1. The van der Waals surface area contributed by atoms with E-state index in [0.29, 0.717) is 3.92 Å². The molecule has 76 valence electrons. The Morgan fingerprint density at radius 3 is 3.13 bits per heavy atom. The van der Waals surface area contributed by atoms with Crippen LogP contribution in [-0.4, -0.2) is 3.92 Å². The Bertz CT molecular complexity index is 556. The Morgan fingerprint density at radius 2 is 2.27 bits per heavy atom. The van der Waals surface area contributed by atoms with Gasteiger partial charge in [0.1, 0.15) is 11.3 Å². The fourth-order valence-electron chi connectivity index (χ4n) is 1.98. The van der Waals surface area contributed by atoms with Crippen LogP contribution in [0.4, 0.5) is 0 Å². The van der Waals surface area contributed by atoms with Crippen molar-refractivity contribution >= 4 is 55.6 Å². The molecule has 1 atom stereocenters. The largest absolute Gasteiger partial charge is 0.456 e. The van der Waals surface area contributed by atoms with E-state index in [2.05, 4.69) is 56.7 Å². The molecule has 0 radical (unpaired) electrons. The van der Waals surface area contributed by atoms with E-state index in [1.54, 1.807) is 0 Å². The molecular formula is C12H8BrIO. The maximum Gasteiger partial charge on any atom is 0.136 e. The van der Waals surface area contributed by atoms with Gasteiger partial charge in [0, 0.05) is 19.3 Å². The molecule has 1 unspecified atom stereocenters. The van der Waals surface area contributed by atoms with Gasteiger partial charge in [0.2, 0.25) is 0 Å². The summed E-state index contributed by atoms with van der Waals surface area (Å²) in [6.45, 7) is 0. The molecule has 15 heavy (non-hydrogen) atoms. The Morgan fingerprint density at radius 1 is 1.40 bits per heavy atom. The monoisotopic (exact) mass is 374 g/mol. The first kappa shape index (κ1) is 9.90. The molecule has 0 fully saturated rings. The molecule has 0 saturated carbocycles. The Labute approximate surface area is 110 Å². The van der Waals surface area contributed by atoms with Gasteiger partial charge < -0.3 is 4.42 Å². The van der Waals surface area contributed by atoms with Crippen molar-refractivity contribution in [3.8, 4) is 0 Å². The van der Waals surface area contributed by atoms with Crippen LogP contribution in [0.25, 0.3) is 17.0 Å². The third kappa shape index (κ3) is 1.56. The highest BCUT2D eigenvalue weighted by molar-refractivity contribution is 14.1. The van der Waals surface area contributed by atoms with Crippen molar-refractivity contribution in [3.05, 3.63) is 40.1 Å². The third-order valence-corrected chi connectivity index (χ3v) is 4.17. The first-order chi connectivity index (χ1) is 7.25. The third-order valence-electron chi connectivity index (χ3n) is 2.65. The second-order valence-electron chi connectivity index (χ2n) is 3.64. The number of hydrogen-bond donors (Lipinski definition) is 0. The molecule has 1 nitrogen and oxygen atoms in total. The summed E-state index contributed by atoms with van der Waals surface area (Å²) in [4.78, 5) is 0. The second kappa shape index (κ2) is 3.63. The zero-order chi connectivity index (χ0) is 10.4. The Balaban J connectivity index is 2.37. The van der Waals surface area contributed by atoms with Crippen LogP contribution in [0, 0.1) is 0 Å². The van der Waals surface area contributed by atoms with E-state index in [-0.39, 0.29) is 0 Å². The lowest BCUT2D eigenvalue weighted by atomic mass is 10.0. The molecule has 3 rings (SSSR count). The van der Waals surface area contributed by atoms with Crippen molar-refractivity contribution in [1.82, 2.24) is 0 Å². The first-order valence-corrected chi connectivity index (χ1v) is 6.82. The minimum Gasteiger partial charge on any atom is -0.456 e. The molecule has 1 heterocycles. The maximum absolute atomic E-state index is 5.80. The number of furan rings is 1. The SMILES string of the molecule is Brc1cccc2oc3c(c12)CC(I)C=C3. The first-order valence-electron chi connectivity index (χ1n) is 4.78. The molecular weight excluding hydrogens is 367 g/mol. The van der Waals surface area contributed by atoms with Gasteiger partial charge in [-0.3, -0.25) is 0 Å². The summed E-state index contributed by atoms with van der Waals surface area (Å²) in [7, 11) is 0. The topological polar surface area (TPSA) is 13.1 Å². The summed E-state index contributed by atoms with van der Waals surface area (Å²) in [6, 6.07) is 6.10. The van der Waals surface area contributed by atoms with Gasteiger partial charge in [0.15, 0.2) is 0 Å². The molecule has 0 N–H and O–H groups in total. The average molecular weight is 375 g/mol. The van der Waals surface area contributed by atoms with Gasteiger partial charge in [-0.25, -0.2) is 0 Å². The number of rotatable bonds is 0. The molecule has 2 aromatic rings. The fraction of sp³-hybridized carbons (Fsp3) is 0.167. The summed E-state index contributed by atoms with van der Waals surface area (Å²) >= 11 is 6.04. The van der Waals surface area contributed by atoms with Crippen molar-refractivity contribution in [1.29, 1.82) is 0 Å². The van der Waals surface area contributed by atoms with Gasteiger partial charge in [0.05, 0.1) is 0 Å². The lowest BCUT2D eigenvalue weighted by Crippen LogP contribution is -2.03. The fourth-order valence-corrected chi connectivity index (χ4v) is 3.21. The Kier molecular flexibility index (Phi) is 2.39. The number of fused-ring (bicyclic) bond motifs is 3. The summed E-state index contributed by atoms with van der Waals surface area (Å²) in [6.07, 6.45) is 5.34. The van der Waals surface area contributed by atoms with Crippen LogP contribution in [0.3, 0.4) is 0 Å². The zero-order valence-electron chi connectivity index (χ0n) is 7.84. The van der Waals surface area contributed by atoms with Crippen molar-refractivity contribution in [2.45, 2.75) is 10.3 Å². The standard InChI is InChI=1S/C12H8BrIO/c13-9-2-1-3-11-12(9)8-6-7(14)4-5-10(8)15-11/h1-5,7H,6H2. The summed E-state index contributed by atoms with van der Waals surface area (Å²) in [5.41, 5.74) is 2.31. The lowest BCUT2D eigenvalue weighted by molar-refractivity contribution is 0.596. The minimum absolute atomic E-state index is 0.572. The molecule has 0 saturated heterocycles. The second-order valence-corrected chi connectivity index (χ2v) is 6.09. The summed E-state index contributed by atoms with van der Waals surface area (Å²) in [5.74, 6) is 1.02. The van der Waals surface area contributed by atoms with Crippen molar-refractivity contribution in [2.24, 2.45) is 0 Å². The normalized spacial score (nSPS) is 19.5. The molecule has 0 spiro atoms. The van der Waals surface area contributed by atoms with Gasteiger partial charge in [-0.15, -0.1) is 0 Å². The quantitative estimate of drug-likeness (QED) is 0.486. The van der Waals surface area contributed by atoms with Crippen LogP contribution in [-0.2, 0) is 6.42 Å². The smallest absolute Gasteiger partial charge is 0.136 e. The summed E-state index contributed by atoms with van der Waals surface area (Å²) < 4.78 is 7.50. The molecule has 1 aliphatic rings. The lowest BCUT2D eigenvalue weighted by Gasteiger charge is -2.09. The van der Waals surface area contributed by atoms with Gasteiger partial charge in [-0.05, 0) is 24.6 Å². The van der Waals surface area contributed by atoms with E-state index in [9.17, 15) is 0 Å². The van der Waals surface area contributed by atoms with Gasteiger partial charge >= 0.3 is 0 Å². The van der Waals surface area contributed by atoms with Crippen LogP contribution in [0.15, 0.2) is 33.2 Å². The van der Waals surface area contributed by atoms with Gasteiger partial charge in [-0.1, -0.05) is 50.7 Å². The predicted octanol–water partition coefficient (Wildman–Crippen LogP) is 4.57. The van der Waals surface area contributed by atoms with Crippen LogP contribution in [0.5, 0.6) is 0 Å². The van der Waals surface area contributed by atoms with Gasteiger partial charge in [0.25, 0.3) is 0 Å². The van der Waals surface area contributed by atoms with E-state index in [0.717, 1.165) is 22.2 Å². The van der Waals surface area contributed by atoms with E-state index in [4.69, 9.17) is 4.42 Å². The van der Waals surface area contributed by atoms with Crippen LogP contribution >= 0.6 is 38.5 Å². The molecule has 1 aromatic carbocycles. The van der Waals surface area contributed by atoms with Crippen molar-refractivity contribution < 1.29 is 4.42 Å². The van der Waals surface area contributed by atoms with Gasteiger partial charge in [-0.2, -0.15) is 0 Å². The highest BCUT2D eigenvalue weighted by Gasteiger charge is 2.19. The van der Waals surface area contributed by atoms with E-state index in [1.165, 1.54) is 10.9 Å². The van der Waals surface area contributed by atoms with E-state index >= 15 is 0 Å². The highest BCUT2D eigenvalue weighted by Crippen LogP contribution is 2.36. The number of halogens is 2. The van der Waals surface area contributed by atoms with Crippen LogP contribution in [0.1, 0.15) is 11.3 Å². The Hall–Kier alpha value is -0.290. The van der Waals surface area contributed by atoms with E-state index < -0.39 is 0 Å². The summed E-state index contributed by atoms with van der Waals surface area (Å²) in [5, 5.41) is 1.23. The molecule has 0 aliphatic heterocycles. The molecule has 3 heteroatoms. The molecule has 1 aliphatic carbocycles. The van der Waals surface area contributed by atoms with Crippen LogP contribution in [0.2, 0.25) is 0 Å². The number of hydrogen-bond acceptors (Lipinski definition) is 1.